The molecule has 0 fully saturated rings. The smallest absolute Gasteiger partial charge is 0.363 e. The Bertz CT molecular complexity index is 1110. The van der Waals surface area contributed by atoms with Crippen LogP contribution in [0.25, 0.3) is 0 Å². The molecule has 0 bridgehead atoms. The number of fused-ring (bicyclic) bond motifs is 2. The quantitative estimate of drug-likeness (QED) is 0.644. The first-order valence-electron chi connectivity index (χ1n) is 10.2. The van der Waals surface area contributed by atoms with Crippen LogP contribution in [-0.4, -0.2) is 33.3 Å². The maximum absolute atomic E-state index is 13.9. The van der Waals surface area contributed by atoms with Crippen molar-refractivity contribution in [1.29, 1.82) is 0 Å². The van der Waals surface area contributed by atoms with Gasteiger partial charge in [-0.2, -0.15) is 18.3 Å². The van der Waals surface area contributed by atoms with Crippen molar-refractivity contribution in [2.24, 2.45) is 0 Å². The number of anilines is 1. The molecule has 1 amide bonds. The number of nitrogens with zero attached hydrogens (tertiary/aromatic N) is 3. The number of carbonyl (C=O) groups is 1. The monoisotopic (exact) mass is 426 g/mol. The van der Waals surface area contributed by atoms with Gasteiger partial charge in [0.05, 0.1) is 6.04 Å². The summed E-state index contributed by atoms with van der Waals surface area (Å²) in [5.74, 6) is -0.140. The Morgan fingerprint density at radius 3 is 2.48 bits per heavy atom. The normalized spacial score (nSPS) is 20.5. The second kappa shape index (κ2) is 7.44. The van der Waals surface area contributed by atoms with Crippen molar-refractivity contribution in [2.45, 2.75) is 37.6 Å². The molecule has 0 saturated heterocycles. The predicted molar refractivity (Wildman–Crippen MR) is 110 cm³/mol. The molecule has 2 aliphatic heterocycles. The van der Waals surface area contributed by atoms with Gasteiger partial charge in [0.25, 0.3) is 5.91 Å². The van der Waals surface area contributed by atoms with Crippen molar-refractivity contribution in [3.63, 3.8) is 0 Å². The average molecular weight is 426 g/mol. The first-order valence-corrected chi connectivity index (χ1v) is 10.2. The molecule has 2 aromatic carbocycles. The van der Waals surface area contributed by atoms with Crippen molar-refractivity contribution >= 4 is 11.7 Å². The van der Waals surface area contributed by atoms with Gasteiger partial charge in [0, 0.05) is 25.6 Å². The van der Waals surface area contributed by atoms with Gasteiger partial charge in [-0.3, -0.25) is 4.79 Å². The van der Waals surface area contributed by atoms with E-state index in [1.165, 1.54) is 11.6 Å². The Kier molecular flexibility index (Phi) is 4.72. The number of benzene rings is 2. The van der Waals surface area contributed by atoms with Crippen LogP contribution < -0.4 is 5.32 Å². The summed E-state index contributed by atoms with van der Waals surface area (Å²) in [6.45, 7) is 0.945. The molecule has 3 aromatic rings. The fraction of sp³-hybridized carbons (Fsp3) is 0.304. The Morgan fingerprint density at radius 1 is 1.03 bits per heavy atom. The molecule has 31 heavy (non-hydrogen) atoms. The standard InChI is InChI=1S/C23H21F3N4O/c24-23(25,26)20-12-18(16-7-2-1-3-8-16)27-21-13-19(28-30(20)21)22(31)29-11-10-15-6-4-5-9-17(15)14-29/h1-9,13,18,20,27H,10-12,14H2/t18-,20+/m1/s1. The number of aromatic nitrogens is 2. The highest BCUT2D eigenvalue weighted by molar-refractivity contribution is 5.93. The Balaban J connectivity index is 1.44. The molecule has 1 aromatic heterocycles. The zero-order valence-electron chi connectivity index (χ0n) is 16.6. The minimum atomic E-state index is -4.47. The van der Waals surface area contributed by atoms with Crippen LogP contribution in [0.4, 0.5) is 19.0 Å². The summed E-state index contributed by atoms with van der Waals surface area (Å²) in [6, 6.07) is 16.1. The lowest BCUT2D eigenvalue weighted by atomic mass is 9.97. The highest BCUT2D eigenvalue weighted by Gasteiger charge is 2.47. The summed E-state index contributed by atoms with van der Waals surface area (Å²) < 4.78 is 42.5. The summed E-state index contributed by atoms with van der Waals surface area (Å²) >= 11 is 0. The van der Waals surface area contributed by atoms with E-state index in [0.29, 0.717) is 13.1 Å². The summed E-state index contributed by atoms with van der Waals surface area (Å²) in [5.41, 5.74) is 3.05. The first kappa shape index (κ1) is 19.7. The number of alkyl halides is 3. The molecule has 8 heteroatoms. The van der Waals surface area contributed by atoms with Crippen LogP contribution in [0.15, 0.2) is 60.7 Å². The van der Waals surface area contributed by atoms with Crippen LogP contribution in [0.2, 0.25) is 0 Å². The van der Waals surface area contributed by atoms with E-state index < -0.39 is 18.3 Å². The SMILES string of the molecule is O=C(c1cc2n(n1)[C@H](C(F)(F)F)C[C@H](c1ccccc1)N2)N1CCc2ccccc2C1. The molecule has 2 atom stereocenters. The van der Waals surface area contributed by atoms with Gasteiger partial charge in [-0.15, -0.1) is 0 Å². The number of nitrogens with one attached hydrogen (secondary N) is 1. The Labute approximate surface area is 177 Å². The van der Waals surface area contributed by atoms with E-state index in [0.717, 1.165) is 22.2 Å². The topological polar surface area (TPSA) is 50.2 Å². The van der Waals surface area contributed by atoms with E-state index in [2.05, 4.69) is 10.4 Å². The van der Waals surface area contributed by atoms with Crippen LogP contribution in [0.3, 0.4) is 0 Å². The van der Waals surface area contributed by atoms with Crippen LogP contribution in [0.5, 0.6) is 0 Å². The van der Waals surface area contributed by atoms with Gasteiger partial charge >= 0.3 is 6.18 Å². The molecular formula is C23H21F3N4O. The van der Waals surface area contributed by atoms with Gasteiger partial charge in [-0.1, -0.05) is 54.6 Å². The van der Waals surface area contributed by atoms with E-state index in [1.54, 1.807) is 29.2 Å². The lowest BCUT2D eigenvalue weighted by Crippen LogP contribution is -2.37. The van der Waals surface area contributed by atoms with Gasteiger partial charge in [-0.05, 0) is 23.1 Å². The van der Waals surface area contributed by atoms with Gasteiger partial charge in [0.2, 0.25) is 0 Å². The molecule has 5 rings (SSSR count). The Morgan fingerprint density at radius 2 is 1.74 bits per heavy atom. The maximum Gasteiger partial charge on any atom is 0.410 e. The van der Waals surface area contributed by atoms with Crippen molar-refractivity contribution in [3.05, 3.63) is 83.0 Å². The van der Waals surface area contributed by atoms with E-state index in [4.69, 9.17) is 0 Å². The Hall–Kier alpha value is -3.29. The molecule has 0 unspecified atom stereocenters. The van der Waals surface area contributed by atoms with Gasteiger partial charge < -0.3 is 10.2 Å². The second-order valence-electron chi connectivity index (χ2n) is 8.01. The van der Waals surface area contributed by atoms with Gasteiger partial charge in [0.1, 0.15) is 5.82 Å². The number of hydrogen-bond acceptors (Lipinski definition) is 3. The van der Waals surface area contributed by atoms with Crippen LogP contribution >= 0.6 is 0 Å². The fourth-order valence-electron chi connectivity index (χ4n) is 4.41. The number of amides is 1. The minimum Gasteiger partial charge on any atom is -0.363 e. The minimum absolute atomic E-state index is 0.0323. The van der Waals surface area contributed by atoms with Crippen molar-refractivity contribution in [3.8, 4) is 0 Å². The fourth-order valence-corrected chi connectivity index (χ4v) is 4.41. The molecule has 5 nitrogen and oxygen atoms in total. The molecule has 3 heterocycles. The van der Waals surface area contributed by atoms with Crippen molar-refractivity contribution in [1.82, 2.24) is 14.7 Å². The van der Waals surface area contributed by atoms with Crippen LogP contribution in [0, 0.1) is 0 Å². The van der Waals surface area contributed by atoms with E-state index in [-0.39, 0.29) is 23.8 Å². The lowest BCUT2D eigenvalue weighted by Gasteiger charge is -2.33. The number of rotatable bonds is 2. The van der Waals surface area contributed by atoms with E-state index in [9.17, 15) is 18.0 Å². The predicted octanol–water partition coefficient (Wildman–Crippen LogP) is 4.74. The zero-order valence-corrected chi connectivity index (χ0v) is 16.6. The number of carbonyl (C=O) groups excluding carboxylic acids is 1. The van der Waals surface area contributed by atoms with Gasteiger partial charge in [0.15, 0.2) is 11.7 Å². The molecule has 1 N–H and O–H groups in total. The largest absolute Gasteiger partial charge is 0.410 e. The van der Waals surface area contributed by atoms with E-state index in [1.807, 2.05) is 30.3 Å². The summed E-state index contributed by atoms with van der Waals surface area (Å²) in [4.78, 5) is 14.7. The maximum atomic E-state index is 13.9. The molecule has 0 radical (unpaired) electrons. The molecule has 0 aliphatic carbocycles. The molecular weight excluding hydrogens is 405 g/mol. The molecule has 0 spiro atoms. The molecule has 160 valence electrons. The lowest BCUT2D eigenvalue weighted by molar-refractivity contribution is -0.173. The van der Waals surface area contributed by atoms with Crippen molar-refractivity contribution < 1.29 is 18.0 Å². The van der Waals surface area contributed by atoms with Crippen LogP contribution in [-0.2, 0) is 13.0 Å². The molecule has 0 saturated carbocycles. The van der Waals surface area contributed by atoms with E-state index >= 15 is 0 Å². The highest BCUT2D eigenvalue weighted by atomic mass is 19.4. The third-order valence-electron chi connectivity index (χ3n) is 6.03. The van der Waals surface area contributed by atoms with Crippen molar-refractivity contribution in [2.75, 3.05) is 11.9 Å². The zero-order chi connectivity index (χ0) is 21.6. The molecule has 2 aliphatic rings. The number of hydrogen-bond donors (Lipinski definition) is 1. The highest BCUT2D eigenvalue weighted by Crippen LogP contribution is 2.43. The summed E-state index contributed by atoms with van der Waals surface area (Å²) in [5, 5.41) is 7.24. The second-order valence-corrected chi connectivity index (χ2v) is 8.01. The summed E-state index contributed by atoms with van der Waals surface area (Å²) in [6.07, 6.45) is -3.94. The van der Waals surface area contributed by atoms with Gasteiger partial charge in [-0.25, -0.2) is 4.68 Å². The van der Waals surface area contributed by atoms with Crippen LogP contribution in [0.1, 0.15) is 45.7 Å². The average Bonchev–Trinajstić information content (AvgIpc) is 3.21. The third-order valence-corrected chi connectivity index (χ3v) is 6.03. The third kappa shape index (κ3) is 3.66. The number of halogens is 3. The summed E-state index contributed by atoms with van der Waals surface area (Å²) in [7, 11) is 0. The first-order chi connectivity index (χ1) is 14.9.